The van der Waals surface area contributed by atoms with Crippen LogP contribution in [0.15, 0.2) is 103 Å². The topological polar surface area (TPSA) is 551 Å². The van der Waals surface area contributed by atoms with E-state index in [0.717, 1.165) is 66.7 Å². The number of primary amides is 1. The molecule has 38 heteroatoms. The molecule has 0 spiro atoms. The van der Waals surface area contributed by atoms with E-state index in [9.17, 15) is 69.9 Å². The Morgan fingerprint density at radius 1 is 0.688 bits per heavy atom. The molecule has 0 aliphatic carbocycles. The number of rotatable bonds is 16. The molecule has 0 aromatic heterocycles. The number of phenolic OH excluding ortho intramolecular Hbond substituents is 3. The van der Waals surface area contributed by atoms with Crippen LogP contribution in [-0.2, 0) is 57.4 Å². The van der Waals surface area contributed by atoms with Crippen molar-refractivity contribution in [3.05, 3.63) is 146 Å². The van der Waals surface area contributed by atoms with Crippen LogP contribution in [0.2, 0.25) is 15.1 Å². The molecule has 2 fully saturated rings. The average Bonchev–Trinajstić information content (AvgIpc) is 0.769. The first-order chi connectivity index (χ1) is 53.0. The number of amides is 9. The Morgan fingerprint density at radius 2 is 1.30 bits per heavy atom. The highest BCUT2D eigenvalue weighted by atomic mass is 35.5. The monoisotopic (exact) mass is 1610 g/mol. The van der Waals surface area contributed by atoms with Crippen LogP contribution >= 0.6 is 34.8 Å². The fourth-order valence-corrected chi connectivity index (χ4v) is 14.1. The van der Waals surface area contributed by atoms with Gasteiger partial charge in [0.1, 0.15) is 95.5 Å². The number of aliphatic hydroxyl groups is 6. The lowest BCUT2D eigenvalue weighted by Gasteiger charge is -2.47. The zero-order chi connectivity index (χ0) is 81.2. The first-order valence-corrected chi connectivity index (χ1v) is 36.2. The van der Waals surface area contributed by atoms with Crippen molar-refractivity contribution < 1.29 is 118 Å². The Kier molecular flexibility index (Phi) is 25.4. The summed E-state index contributed by atoms with van der Waals surface area (Å²) in [6, 6.07) is 5.31. The molecule has 0 saturated carbocycles. The summed E-state index contributed by atoms with van der Waals surface area (Å²) < 4.78 is 38.5. The van der Waals surface area contributed by atoms with Gasteiger partial charge in [0.05, 0.1) is 47.9 Å². The number of likely N-dealkylation sites (N-methyl/N-ethyl adjacent to an activating group) is 1. The van der Waals surface area contributed by atoms with Crippen LogP contribution in [0.25, 0.3) is 11.1 Å². The second-order valence-corrected chi connectivity index (χ2v) is 29.4. The number of hydrogen-bond acceptors (Lipinski definition) is 26. The molecule has 2 saturated heterocycles. The Bertz CT molecular complexity index is 4640. The maximum atomic E-state index is 16.2. The van der Waals surface area contributed by atoms with Gasteiger partial charge >= 0.3 is 0 Å². The quantitative estimate of drug-likeness (QED) is 0.0651. The summed E-state index contributed by atoms with van der Waals surface area (Å²) in [4.78, 5) is 133. The highest BCUT2D eigenvalue weighted by molar-refractivity contribution is 6.32. The van der Waals surface area contributed by atoms with Gasteiger partial charge in [-0.1, -0.05) is 66.8 Å². The lowest BCUT2D eigenvalue weighted by atomic mass is 9.86. The number of aliphatic hydroxyl groups excluding tert-OH is 6. The van der Waals surface area contributed by atoms with E-state index < -0.39 is 250 Å². The van der Waals surface area contributed by atoms with Gasteiger partial charge in [-0.05, 0) is 140 Å². The van der Waals surface area contributed by atoms with Crippen LogP contribution in [0.5, 0.6) is 46.0 Å². The molecule has 598 valence electrons. The van der Waals surface area contributed by atoms with Crippen LogP contribution in [-0.4, -0.2) is 198 Å². The number of phenols is 3. The molecule has 6 aromatic rings. The minimum atomic E-state index is -2.37. The zero-order valence-corrected chi connectivity index (χ0v) is 62.4. The van der Waals surface area contributed by atoms with Gasteiger partial charge in [0.25, 0.3) is 0 Å². The highest BCUT2D eigenvalue weighted by Crippen LogP contribution is 2.50. The highest BCUT2D eigenvalue weighted by Gasteiger charge is 2.52. The van der Waals surface area contributed by atoms with Gasteiger partial charge in [-0.25, -0.2) is 0 Å². The summed E-state index contributed by atoms with van der Waals surface area (Å²) in [6.45, 7) is 4.84. The first-order valence-electron chi connectivity index (χ1n) is 35.1. The van der Waals surface area contributed by atoms with Crippen molar-refractivity contribution in [2.24, 2.45) is 17.4 Å². The van der Waals surface area contributed by atoms with Gasteiger partial charge in [-0.2, -0.15) is 0 Å². The molecule has 22 N–H and O–H groups in total. The Morgan fingerprint density at radius 3 is 1.91 bits per heavy atom. The Hall–Kier alpha value is -10.2. The number of anilines is 1. The number of carbonyl (C=O) groups is 9. The fourth-order valence-electron chi connectivity index (χ4n) is 13.5. The Labute approximate surface area is 652 Å². The molecule has 112 heavy (non-hydrogen) atoms. The Balaban J connectivity index is 1.13. The molecule has 11 bridgehead atoms. The lowest BCUT2D eigenvalue weighted by molar-refractivity contribution is -0.333. The third kappa shape index (κ3) is 18.3. The van der Waals surface area contributed by atoms with E-state index in [0.29, 0.717) is 5.02 Å². The molecule has 7 aliphatic rings. The molecule has 13 rings (SSSR count). The lowest BCUT2D eigenvalue weighted by Crippen LogP contribution is -2.64. The van der Waals surface area contributed by atoms with Gasteiger partial charge in [-0.15, -0.1) is 0 Å². The van der Waals surface area contributed by atoms with Crippen LogP contribution in [0.4, 0.5) is 5.69 Å². The van der Waals surface area contributed by atoms with E-state index in [1.54, 1.807) is 0 Å². The normalized spacial score (nSPS) is 27.6. The van der Waals surface area contributed by atoms with Crippen LogP contribution in [0.1, 0.15) is 105 Å². The molecule has 35 nitrogen and oxygen atoms in total. The fraction of sp³-hybridized carbons (Fsp3) is 0.392. The molecule has 7 heterocycles. The number of ether oxygens (including phenoxy) is 6. The number of benzene rings is 6. The van der Waals surface area contributed by atoms with E-state index in [1.165, 1.54) is 57.3 Å². The SMILES string of the molecule is CNC(CC(C)C)C(=O)NC1C(=O)NC(CC(N)=O)C(=O)NC2C(=O)NC3C(=O)NC(C(=O)NC(C(=O)NCC(=O)Nc4ccc(Cl)cc4)c4cc(O)cc(O)c4-c4cc3ccc4O)C(O)c3ccc(c(Cl)c3)Oc3cc2cc(c3OC2OC(CO)C(O)C(O)C2OC2CC(C)(N)C(O)C(C)O2)Oc2ccc(cc2Cl)C1O. The molecule has 18 atom stereocenters. The molecule has 18 unspecified atom stereocenters. The van der Waals surface area contributed by atoms with E-state index in [-0.39, 0.29) is 51.9 Å². The van der Waals surface area contributed by atoms with Gasteiger partial charge in [-0.3, -0.25) is 43.2 Å². The minimum Gasteiger partial charge on any atom is -0.508 e. The minimum absolute atomic E-state index is 0.109. The van der Waals surface area contributed by atoms with Crippen LogP contribution in [0.3, 0.4) is 0 Å². The summed E-state index contributed by atoms with van der Waals surface area (Å²) in [5, 5.41) is 127. The van der Waals surface area contributed by atoms with Crippen LogP contribution < -0.4 is 73.5 Å². The molecule has 7 aliphatic heterocycles. The van der Waals surface area contributed by atoms with Crippen molar-refractivity contribution in [1.29, 1.82) is 0 Å². The van der Waals surface area contributed by atoms with Crippen molar-refractivity contribution >= 4 is 93.7 Å². The summed E-state index contributed by atoms with van der Waals surface area (Å²) in [5.74, 6) is -16.3. The second kappa shape index (κ2) is 34.4. The van der Waals surface area contributed by atoms with Gasteiger partial charge in [0.2, 0.25) is 65.2 Å². The third-order valence-corrected chi connectivity index (χ3v) is 20.2. The summed E-state index contributed by atoms with van der Waals surface area (Å²) >= 11 is 20.3. The number of halogens is 3. The molecule has 0 radical (unpaired) electrons. The number of nitrogens with two attached hydrogens (primary N) is 2. The molecule has 9 amide bonds. The number of aromatic hydroxyl groups is 3. The predicted molar refractivity (Wildman–Crippen MR) is 395 cm³/mol. The van der Waals surface area contributed by atoms with Crippen molar-refractivity contribution in [2.45, 2.75) is 156 Å². The second-order valence-electron chi connectivity index (χ2n) is 28.1. The maximum absolute atomic E-state index is 16.2. The van der Waals surface area contributed by atoms with E-state index in [1.807, 2.05) is 13.8 Å². The number of nitrogens with one attached hydrogen (secondary N) is 9. The van der Waals surface area contributed by atoms with Gasteiger partial charge < -0.3 is 134 Å². The predicted octanol–water partition coefficient (Wildman–Crippen LogP) is 1.43. The molecular formula is C74H82Cl3N11O24. The van der Waals surface area contributed by atoms with E-state index >= 15 is 19.2 Å². The summed E-state index contributed by atoms with van der Waals surface area (Å²) in [6.07, 6.45) is -18.8. The van der Waals surface area contributed by atoms with E-state index in [2.05, 4.69) is 47.9 Å². The standard InChI is InChI=1S/C74H82Cl3N11O24/c1-28(2)16-41(80-5)66(100)87-57-59(95)31-7-14-45(39(76)18-31)108-47-20-33-21-48(63(47)112-73-64(62(98)61(97)49(27-89)110-73)111-52-25-74(4,79)65(99)29(3)107-52)109-46-15-8-32(19-40(46)77)60(96)58-72(106)86-56(68(102)81-26-51(94)82-35-11-9-34(75)10-12-35)38-22-36(90)23-44(92)53(38)37-17-30(6-13-43(37)91)54(69(103)88-58)85-70(104)55(33)84-67(101)42(24-50(78)93)83-71(57)105/h6-15,17-23,28-29,41-42,49,52,54-62,64-65,73,80,89-92,95-99H,16,24-27,79H2,1-5H3,(H2,78,93)(H,81,102)(H,82,94)(H,83,105)(H,84,101)(H,85,104)(H,86,106)(H,87,100)(H,88,103). The first kappa shape index (κ1) is 82.7. The van der Waals surface area contributed by atoms with Gasteiger partial charge in [0.15, 0.2) is 23.9 Å². The smallest absolute Gasteiger partial charge is 0.248 e. The van der Waals surface area contributed by atoms with Crippen molar-refractivity contribution in [2.75, 3.05) is 25.5 Å². The number of hydrogen-bond donors (Lipinski definition) is 20. The summed E-state index contributed by atoms with van der Waals surface area (Å²) in [5.41, 5.74) is 8.36. The molecular weight excluding hydrogens is 1530 g/mol. The van der Waals surface area contributed by atoms with Crippen molar-refractivity contribution in [3.8, 4) is 57.1 Å². The average molecular weight is 1620 g/mol. The maximum Gasteiger partial charge on any atom is 0.248 e. The number of fused-ring (bicyclic) bond motifs is 15. The zero-order valence-electron chi connectivity index (χ0n) is 60.2. The molecule has 6 aromatic carbocycles. The van der Waals surface area contributed by atoms with Crippen molar-refractivity contribution in [1.82, 2.24) is 42.5 Å². The third-order valence-electron chi connectivity index (χ3n) is 19.3. The number of carbonyl (C=O) groups excluding carboxylic acids is 9. The largest absolute Gasteiger partial charge is 0.508 e. The van der Waals surface area contributed by atoms with Crippen molar-refractivity contribution in [3.63, 3.8) is 0 Å². The van der Waals surface area contributed by atoms with Gasteiger partial charge in [0, 0.05) is 39.9 Å². The summed E-state index contributed by atoms with van der Waals surface area (Å²) in [7, 11) is 1.47. The van der Waals surface area contributed by atoms with Crippen LogP contribution in [0, 0.1) is 5.92 Å². The van der Waals surface area contributed by atoms with E-state index in [4.69, 9.17) is 74.7 Å².